The smallest absolute Gasteiger partial charge is 0.136 e. The highest BCUT2D eigenvalue weighted by molar-refractivity contribution is 5.33. The number of hydrogen-bond donors (Lipinski definition) is 1. The Labute approximate surface area is 86.5 Å². The van der Waals surface area contributed by atoms with Crippen molar-refractivity contribution in [3.8, 4) is 11.8 Å². The van der Waals surface area contributed by atoms with Crippen LogP contribution >= 0.6 is 0 Å². The van der Waals surface area contributed by atoms with Gasteiger partial charge in [-0.25, -0.2) is 0 Å². The first kappa shape index (κ1) is 11.1. The van der Waals surface area contributed by atoms with E-state index in [2.05, 4.69) is 17.9 Å². The third kappa shape index (κ3) is 3.40. The molecule has 0 heterocycles. The van der Waals surface area contributed by atoms with Crippen molar-refractivity contribution in [1.82, 2.24) is 0 Å². The van der Waals surface area contributed by atoms with Gasteiger partial charge in [-0.3, -0.25) is 0 Å². The zero-order valence-electron chi connectivity index (χ0n) is 9.01. The summed E-state index contributed by atoms with van der Waals surface area (Å²) in [7, 11) is 0. The first-order chi connectivity index (χ1) is 6.74. The van der Waals surface area contributed by atoms with Crippen molar-refractivity contribution in [2.45, 2.75) is 45.6 Å². The van der Waals surface area contributed by atoms with Crippen LogP contribution in [0.15, 0.2) is 23.3 Å². The predicted octanol–water partition coefficient (Wildman–Crippen LogP) is 2.82. The van der Waals surface area contributed by atoms with E-state index in [9.17, 15) is 5.11 Å². The van der Waals surface area contributed by atoms with Gasteiger partial charge >= 0.3 is 0 Å². The second-order valence-electron chi connectivity index (χ2n) is 3.68. The lowest BCUT2D eigenvalue weighted by Gasteiger charge is -2.06. The molecule has 1 N–H and O–H groups in total. The molecule has 1 nitrogen and oxygen atoms in total. The molecule has 14 heavy (non-hydrogen) atoms. The topological polar surface area (TPSA) is 20.2 Å². The molecule has 0 aromatic carbocycles. The molecule has 1 aliphatic rings. The predicted molar refractivity (Wildman–Crippen MR) is 59.8 cm³/mol. The first-order valence-corrected chi connectivity index (χ1v) is 5.25. The Hall–Kier alpha value is -1.00. The minimum atomic E-state index is -0.595. The fraction of sp³-hybridized carbons (Fsp3) is 0.538. The maximum absolute atomic E-state index is 9.58. The summed E-state index contributed by atoms with van der Waals surface area (Å²) in [6.45, 7) is 3.81. The summed E-state index contributed by atoms with van der Waals surface area (Å²) >= 11 is 0. The van der Waals surface area contributed by atoms with Crippen molar-refractivity contribution < 1.29 is 5.11 Å². The zero-order chi connectivity index (χ0) is 10.4. The summed E-state index contributed by atoms with van der Waals surface area (Å²) in [4.78, 5) is 0. The number of aliphatic hydroxyl groups excluding tert-OH is 1. The van der Waals surface area contributed by atoms with Crippen LogP contribution in [0.3, 0.4) is 0 Å². The van der Waals surface area contributed by atoms with Crippen molar-refractivity contribution in [1.29, 1.82) is 0 Å². The van der Waals surface area contributed by atoms with E-state index in [1.807, 2.05) is 19.9 Å². The Morgan fingerprint density at radius 3 is 2.93 bits per heavy atom. The third-order valence-corrected chi connectivity index (χ3v) is 2.55. The largest absolute Gasteiger partial charge is 0.376 e. The number of hydrogen-bond acceptors (Lipinski definition) is 1. The minimum Gasteiger partial charge on any atom is -0.376 e. The van der Waals surface area contributed by atoms with E-state index < -0.39 is 6.10 Å². The molecule has 1 rings (SSSR count). The normalized spacial score (nSPS) is 19.4. The summed E-state index contributed by atoms with van der Waals surface area (Å²) in [6, 6.07) is 0. The van der Waals surface area contributed by atoms with E-state index in [1.165, 1.54) is 18.4 Å². The van der Waals surface area contributed by atoms with Crippen molar-refractivity contribution in [2.24, 2.45) is 0 Å². The van der Waals surface area contributed by atoms with E-state index >= 15 is 0 Å². The molecule has 76 valence electrons. The summed E-state index contributed by atoms with van der Waals surface area (Å²) in [5, 5.41) is 9.58. The molecule has 0 aromatic heterocycles. The van der Waals surface area contributed by atoms with Gasteiger partial charge in [-0.05, 0) is 50.7 Å². The fourth-order valence-corrected chi connectivity index (χ4v) is 1.38. The van der Waals surface area contributed by atoms with Crippen LogP contribution in [0.25, 0.3) is 0 Å². The summed E-state index contributed by atoms with van der Waals surface area (Å²) < 4.78 is 0. The molecule has 1 atom stereocenters. The van der Waals surface area contributed by atoms with Crippen LogP contribution in [0.5, 0.6) is 0 Å². The van der Waals surface area contributed by atoms with Crippen molar-refractivity contribution in [2.75, 3.05) is 0 Å². The first-order valence-electron chi connectivity index (χ1n) is 5.25. The van der Waals surface area contributed by atoms with Crippen molar-refractivity contribution in [3.05, 3.63) is 23.3 Å². The van der Waals surface area contributed by atoms with Gasteiger partial charge in [0.2, 0.25) is 0 Å². The van der Waals surface area contributed by atoms with Gasteiger partial charge in [0.05, 0.1) is 0 Å². The van der Waals surface area contributed by atoms with Crippen LogP contribution in [-0.4, -0.2) is 11.2 Å². The highest BCUT2D eigenvalue weighted by Gasteiger charge is 2.02. The van der Waals surface area contributed by atoms with E-state index in [0.717, 1.165) is 18.4 Å². The maximum atomic E-state index is 9.58. The molecule has 0 saturated carbocycles. The quantitative estimate of drug-likeness (QED) is 0.498. The van der Waals surface area contributed by atoms with Gasteiger partial charge in [0.25, 0.3) is 0 Å². The molecule has 1 unspecified atom stereocenters. The van der Waals surface area contributed by atoms with Gasteiger partial charge in [-0.15, -0.1) is 0 Å². The molecule has 0 bridgehead atoms. The van der Waals surface area contributed by atoms with E-state index in [-0.39, 0.29) is 0 Å². The van der Waals surface area contributed by atoms with Crippen LogP contribution in [0.2, 0.25) is 0 Å². The standard InChI is InChI=1S/C13H18O/c1-3-11(2)13(14)10-9-12-7-5-4-6-8-12/h3,7,13-14H,4-6,8H2,1-2H3/b11-3+. The average molecular weight is 190 g/mol. The molecule has 0 spiro atoms. The van der Waals surface area contributed by atoms with Crippen LogP contribution in [0, 0.1) is 11.8 Å². The third-order valence-electron chi connectivity index (χ3n) is 2.55. The SMILES string of the molecule is C/C=C(\C)C(O)C#CC1=CCCCC1. The van der Waals surface area contributed by atoms with Crippen molar-refractivity contribution >= 4 is 0 Å². The zero-order valence-corrected chi connectivity index (χ0v) is 9.01. The van der Waals surface area contributed by atoms with E-state index in [0.29, 0.717) is 0 Å². The Balaban J connectivity index is 2.58. The molecule has 1 aliphatic carbocycles. The molecule has 0 fully saturated rings. The monoisotopic (exact) mass is 190 g/mol. The van der Waals surface area contributed by atoms with Crippen LogP contribution < -0.4 is 0 Å². The maximum Gasteiger partial charge on any atom is 0.136 e. The Bertz CT molecular complexity index is 299. The van der Waals surface area contributed by atoms with Gasteiger partial charge in [0.15, 0.2) is 0 Å². The lowest BCUT2D eigenvalue weighted by molar-refractivity contribution is 0.268. The Kier molecular flexibility index (Phi) is 4.49. The van der Waals surface area contributed by atoms with Crippen LogP contribution in [0.1, 0.15) is 39.5 Å². The van der Waals surface area contributed by atoms with Gasteiger partial charge in [0.1, 0.15) is 6.10 Å². The highest BCUT2D eigenvalue weighted by Crippen LogP contribution is 2.16. The summed E-state index contributed by atoms with van der Waals surface area (Å²) in [5.74, 6) is 5.93. The highest BCUT2D eigenvalue weighted by atomic mass is 16.3. The number of rotatable bonds is 1. The van der Waals surface area contributed by atoms with Gasteiger partial charge in [0, 0.05) is 0 Å². The average Bonchev–Trinajstić information content (AvgIpc) is 2.26. The lowest BCUT2D eigenvalue weighted by atomic mass is 10.00. The Morgan fingerprint density at radius 2 is 2.36 bits per heavy atom. The Morgan fingerprint density at radius 1 is 1.57 bits per heavy atom. The molecular weight excluding hydrogens is 172 g/mol. The second-order valence-corrected chi connectivity index (χ2v) is 3.68. The number of allylic oxidation sites excluding steroid dienone is 3. The fourth-order valence-electron chi connectivity index (χ4n) is 1.38. The van der Waals surface area contributed by atoms with E-state index in [4.69, 9.17) is 0 Å². The molecule has 1 heteroatoms. The molecular formula is C13H18O. The number of aliphatic hydroxyl groups is 1. The molecule has 0 amide bonds. The van der Waals surface area contributed by atoms with Gasteiger partial charge in [-0.2, -0.15) is 0 Å². The van der Waals surface area contributed by atoms with Gasteiger partial charge < -0.3 is 5.11 Å². The lowest BCUT2D eigenvalue weighted by Crippen LogP contribution is -2.04. The second kappa shape index (κ2) is 5.67. The molecule has 0 aliphatic heterocycles. The van der Waals surface area contributed by atoms with Crippen molar-refractivity contribution in [3.63, 3.8) is 0 Å². The van der Waals surface area contributed by atoms with Crippen LogP contribution in [-0.2, 0) is 0 Å². The molecule has 0 aromatic rings. The minimum absolute atomic E-state index is 0.595. The molecule has 0 saturated heterocycles. The van der Waals surface area contributed by atoms with Gasteiger partial charge in [-0.1, -0.05) is 24.0 Å². The summed E-state index contributed by atoms with van der Waals surface area (Å²) in [6.07, 6.45) is 8.23. The van der Waals surface area contributed by atoms with E-state index in [1.54, 1.807) is 0 Å². The summed E-state index contributed by atoms with van der Waals surface area (Å²) in [5.41, 5.74) is 2.12. The van der Waals surface area contributed by atoms with Crippen LogP contribution in [0.4, 0.5) is 0 Å². The molecule has 0 radical (unpaired) electrons.